The summed E-state index contributed by atoms with van der Waals surface area (Å²) in [6.45, 7) is 4.29. The third-order valence-corrected chi connectivity index (χ3v) is 2.10. The minimum absolute atomic E-state index is 0.00660. The number of rotatable bonds is 3. The van der Waals surface area contributed by atoms with Crippen molar-refractivity contribution in [1.29, 1.82) is 0 Å². The highest BCUT2D eigenvalue weighted by Gasteiger charge is 2.10. The normalized spacial score (nSPS) is 9.82. The van der Waals surface area contributed by atoms with Gasteiger partial charge in [-0.1, -0.05) is 0 Å². The van der Waals surface area contributed by atoms with E-state index in [9.17, 15) is 14.7 Å². The molecule has 0 aliphatic heterocycles. The first-order valence-corrected chi connectivity index (χ1v) is 5.04. The summed E-state index contributed by atoms with van der Waals surface area (Å²) in [5.74, 6) is -0.689. The highest BCUT2D eigenvalue weighted by Crippen LogP contribution is 2.28. The van der Waals surface area contributed by atoms with E-state index >= 15 is 0 Å². The predicted molar refractivity (Wildman–Crippen MR) is 59.6 cm³/mol. The molecule has 0 atom stereocenters. The molecule has 1 aromatic rings. The van der Waals surface area contributed by atoms with E-state index in [1.807, 2.05) is 0 Å². The number of benzene rings is 1. The molecule has 0 fully saturated rings. The Kier molecular flexibility index (Phi) is 4.09. The maximum absolute atomic E-state index is 10.8. The van der Waals surface area contributed by atoms with Crippen LogP contribution in [-0.2, 0) is 20.9 Å². The van der Waals surface area contributed by atoms with Gasteiger partial charge in [0.05, 0.1) is 0 Å². The summed E-state index contributed by atoms with van der Waals surface area (Å²) in [6, 6.07) is 2.91. The topological polar surface area (TPSA) is 72.8 Å². The van der Waals surface area contributed by atoms with Crippen LogP contribution in [0.5, 0.6) is 11.5 Å². The summed E-state index contributed by atoms with van der Waals surface area (Å²) in [5, 5.41) is 9.72. The van der Waals surface area contributed by atoms with Gasteiger partial charge in [-0.05, 0) is 18.6 Å². The van der Waals surface area contributed by atoms with Gasteiger partial charge in [-0.25, -0.2) is 0 Å². The van der Waals surface area contributed by atoms with Crippen LogP contribution in [0.4, 0.5) is 0 Å². The zero-order valence-electron chi connectivity index (χ0n) is 9.94. The van der Waals surface area contributed by atoms with E-state index in [-0.39, 0.29) is 18.1 Å². The van der Waals surface area contributed by atoms with Crippen molar-refractivity contribution in [3.05, 3.63) is 23.3 Å². The van der Waals surface area contributed by atoms with Gasteiger partial charge in [0.25, 0.3) is 0 Å². The molecular weight excluding hydrogens is 224 g/mol. The minimum Gasteiger partial charge on any atom is -0.507 e. The first kappa shape index (κ1) is 13.0. The number of aryl methyl sites for hydroxylation is 1. The van der Waals surface area contributed by atoms with Crippen molar-refractivity contribution in [3.8, 4) is 11.5 Å². The zero-order chi connectivity index (χ0) is 13.0. The number of carbonyl (C=O) groups is 2. The number of ether oxygens (including phenoxy) is 2. The van der Waals surface area contributed by atoms with Gasteiger partial charge in [0.2, 0.25) is 0 Å². The van der Waals surface area contributed by atoms with E-state index in [0.29, 0.717) is 11.1 Å². The number of esters is 2. The Balaban J connectivity index is 2.93. The van der Waals surface area contributed by atoms with E-state index in [0.717, 1.165) is 0 Å². The van der Waals surface area contributed by atoms with Gasteiger partial charge in [0, 0.05) is 25.5 Å². The third-order valence-electron chi connectivity index (χ3n) is 2.10. The van der Waals surface area contributed by atoms with E-state index in [1.165, 1.54) is 19.9 Å². The molecule has 92 valence electrons. The summed E-state index contributed by atoms with van der Waals surface area (Å²) in [7, 11) is 0. The van der Waals surface area contributed by atoms with Crippen LogP contribution in [0.3, 0.4) is 0 Å². The third kappa shape index (κ3) is 3.79. The molecule has 0 aromatic heterocycles. The van der Waals surface area contributed by atoms with Crippen molar-refractivity contribution < 1.29 is 24.2 Å². The van der Waals surface area contributed by atoms with Crippen LogP contribution in [0, 0.1) is 6.92 Å². The highest BCUT2D eigenvalue weighted by atomic mass is 16.5. The smallest absolute Gasteiger partial charge is 0.308 e. The van der Waals surface area contributed by atoms with Crippen LogP contribution in [0.2, 0.25) is 0 Å². The lowest BCUT2D eigenvalue weighted by molar-refractivity contribution is -0.142. The molecule has 0 aliphatic carbocycles. The molecular formula is C12H14O5. The van der Waals surface area contributed by atoms with E-state index in [2.05, 4.69) is 0 Å². The number of phenols is 1. The molecule has 1 aromatic carbocycles. The zero-order valence-corrected chi connectivity index (χ0v) is 9.94. The molecule has 0 amide bonds. The lowest BCUT2D eigenvalue weighted by Gasteiger charge is -2.10. The Morgan fingerprint density at radius 2 is 1.88 bits per heavy atom. The summed E-state index contributed by atoms with van der Waals surface area (Å²) in [5.41, 5.74) is 1.18. The van der Waals surface area contributed by atoms with Crippen LogP contribution in [-0.4, -0.2) is 17.0 Å². The van der Waals surface area contributed by atoms with Crippen LogP contribution >= 0.6 is 0 Å². The fraction of sp³-hybridized carbons (Fsp3) is 0.333. The standard InChI is InChI=1S/C12H14O5/c1-7-4-10(17-9(3)14)5-12(15)11(7)6-16-8(2)13/h4-5,15H,6H2,1-3H3. The van der Waals surface area contributed by atoms with Gasteiger partial charge in [-0.3, -0.25) is 9.59 Å². The quantitative estimate of drug-likeness (QED) is 0.640. The SMILES string of the molecule is CC(=O)OCc1c(C)cc(OC(C)=O)cc1O. The van der Waals surface area contributed by atoms with Crippen LogP contribution in [0.15, 0.2) is 12.1 Å². The molecule has 0 unspecified atom stereocenters. The van der Waals surface area contributed by atoms with Gasteiger partial charge in [0.15, 0.2) is 0 Å². The van der Waals surface area contributed by atoms with E-state index < -0.39 is 11.9 Å². The monoisotopic (exact) mass is 238 g/mol. The van der Waals surface area contributed by atoms with Crippen LogP contribution in [0.1, 0.15) is 25.0 Å². The molecule has 1 N–H and O–H groups in total. The molecule has 0 bridgehead atoms. The molecule has 0 radical (unpaired) electrons. The molecule has 1 rings (SSSR count). The number of aromatic hydroxyl groups is 1. The summed E-state index contributed by atoms with van der Waals surface area (Å²) in [4.78, 5) is 21.4. The molecule has 17 heavy (non-hydrogen) atoms. The van der Waals surface area contributed by atoms with Crippen molar-refractivity contribution >= 4 is 11.9 Å². The number of hydrogen-bond donors (Lipinski definition) is 1. The first-order valence-electron chi connectivity index (χ1n) is 5.04. The lowest BCUT2D eigenvalue weighted by atomic mass is 10.1. The van der Waals surface area contributed by atoms with Crippen molar-refractivity contribution in [2.45, 2.75) is 27.4 Å². The number of carbonyl (C=O) groups excluding carboxylic acids is 2. The predicted octanol–water partition coefficient (Wildman–Crippen LogP) is 1.69. The van der Waals surface area contributed by atoms with Crippen LogP contribution in [0.25, 0.3) is 0 Å². The highest BCUT2D eigenvalue weighted by molar-refractivity contribution is 5.70. The minimum atomic E-state index is -0.462. The van der Waals surface area contributed by atoms with Crippen molar-refractivity contribution in [2.24, 2.45) is 0 Å². The molecule has 0 aliphatic rings. The van der Waals surface area contributed by atoms with Crippen molar-refractivity contribution in [2.75, 3.05) is 0 Å². The van der Waals surface area contributed by atoms with Gasteiger partial charge in [0.1, 0.15) is 18.1 Å². The van der Waals surface area contributed by atoms with E-state index in [4.69, 9.17) is 9.47 Å². The molecule has 0 spiro atoms. The van der Waals surface area contributed by atoms with Gasteiger partial charge < -0.3 is 14.6 Å². The first-order chi connectivity index (χ1) is 7.90. The van der Waals surface area contributed by atoms with Gasteiger partial charge in [-0.15, -0.1) is 0 Å². The average molecular weight is 238 g/mol. The molecule has 0 saturated carbocycles. The van der Waals surface area contributed by atoms with Gasteiger partial charge >= 0.3 is 11.9 Å². The van der Waals surface area contributed by atoms with Crippen molar-refractivity contribution in [1.82, 2.24) is 0 Å². The Hall–Kier alpha value is -2.04. The largest absolute Gasteiger partial charge is 0.507 e. The molecule has 5 heteroatoms. The molecule has 0 saturated heterocycles. The summed E-state index contributed by atoms with van der Waals surface area (Å²) < 4.78 is 9.65. The average Bonchev–Trinajstić information content (AvgIpc) is 2.14. The van der Waals surface area contributed by atoms with E-state index in [1.54, 1.807) is 13.0 Å². The maximum atomic E-state index is 10.8. The second-order valence-corrected chi connectivity index (χ2v) is 3.61. The summed E-state index contributed by atoms with van der Waals surface area (Å²) in [6.07, 6.45) is 0. The Bertz CT molecular complexity index is 427. The van der Waals surface area contributed by atoms with Crippen LogP contribution < -0.4 is 4.74 Å². The molecule has 0 heterocycles. The number of hydrogen-bond acceptors (Lipinski definition) is 5. The second-order valence-electron chi connectivity index (χ2n) is 3.61. The van der Waals surface area contributed by atoms with Gasteiger partial charge in [-0.2, -0.15) is 0 Å². The summed E-state index contributed by atoms with van der Waals surface area (Å²) >= 11 is 0. The Labute approximate surface area is 99.0 Å². The Morgan fingerprint density at radius 3 is 2.35 bits per heavy atom. The Morgan fingerprint density at radius 1 is 1.24 bits per heavy atom. The molecule has 5 nitrogen and oxygen atoms in total. The fourth-order valence-corrected chi connectivity index (χ4v) is 1.35. The second kappa shape index (κ2) is 5.34. The number of phenolic OH excluding ortho intramolecular Hbond substituents is 1. The van der Waals surface area contributed by atoms with Crippen molar-refractivity contribution in [3.63, 3.8) is 0 Å². The lowest BCUT2D eigenvalue weighted by Crippen LogP contribution is -2.04. The fourth-order valence-electron chi connectivity index (χ4n) is 1.35. The maximum Gasteiger partial charge on any atom is 0.308 e.